The molecule has 0 unspecified atom stereocenters. The van der Waals surface area contributed by atoms with E-state index in [-0.39, 0.29) is 46.6 Å². The highest BCUT2D eigenvalue weighted by molar-refractivity contribution is 7.99. The van der Waals surface area contributed by atoms with Crippen LogP contribution in [0.2, 0.25) is 0 Å². The third kappa shape index (κ3) is 6.42. The van der Waals surface area contributed by atoms with E-state index in [9.17, 15) is 23.2 Å². The molecular formula is C29H34F2N4O3S. The second kappa shape index (κ2) is 12.4. The van der Waals surface area contributed by atoms with Gasteiger partial charge in [-0.1, -0.05) is 12.1 Å². The molecule has 0 spiro atoms. The number of benzene rings is 1. The predicted octanol–water partition coefficient (Wildman–Crippen LogP) is 4.92. The summed E-state index contributed by atoms with van der Waals surface area (Å²) in [6.45, 7) is 0. The van der Waals surface area contributed by atoms with Gasteiger partial charge in [0, 0.05) is 24.5 Å². The molecule has 3 heterocycles. The third-order valence-electron chi connectivity index (χ3n) is 7.94. The lowest BCUT2D eigenvalue weighted by Crippen LogP contribution is -2.46. The van der Waals surface area contributed by atoms with Crippen molar-refractivity contribution in [3.05, 3.63) is 74.6 Å². The number of carbonyl (C=O) groups is 1. The van der Waals surface area contributed by atoms with E-state index in [0.717, 1.165) is 55.4 Å². The van der Waals surface area contributed by atoms with Gasteiger partial charge in [0.05, 0.1) is 11.6 Å². The highest BCUT2D eigenvalue weighted by Crippen LogP contribution is 2.30. The van der Waals surface area contributed by atoms with Crippen LogP contribution in [0.4, 0.5) is 8.78 Å². The number of hydrogen-bond donors (Lipinski definition) is 1. The molecule has 1 saturated heterocycles. The minimum atomic E-state index is -0.598. The quantitative estimate of drug-likeness (QED) is 0.398. The van der Waals surface area contributed by atoms with Crippen LogP contribution in [0, 0.1) is 11.6 Å². The predicted molar refractivity (Wildman–Crippen MR) is 149 cm³/mol. The standard InChI is InChI=1S/C29H34F2N4O3S/c30-20-7-5-19(6-8-20)3-1-2-4-26(36)33-22-9-11-23(12-10-22)35-28(37)25-17-21(31)18-32-27(25)34(29(35)38)24-13-15-39-16-14-24/h5-8,17-18,22-24H,1-4,9-16H2,(H,33,36)/t22-,23+. The highest BCUT2D eigenvalue weighted by atomic mass is 32.2. The minimum absolute atomic E-state index is 0.000461. The molecule has 1 aliphatic carbocycles. The molecule has 2 aliphatic rings. The van der Waals surface area contributed by atoms with Crippen LogP contribution in [0.3, 0.4) is 0 Å². The Labute approximate surface area is 230 Å². The van der Waals surface area contributed by atoms with Crippen LogP contribution >= 0.6 is 11.8 Å². The summed E-state index contributed by atoms with van der Waals surface area (Å²) in [6.07, 6.45) is 7.99. The normalized spacial score (nSPS) is 20.3. The Bertz CT molecular complexity index is 1430. The topological polar surface area (TPSA) is 86.0 Å². The summed E-state index contributed by atoms with van der Waals surface area (Å²) in [6, 6.07) is 7.26. The van der Waals surface area contributed by atoms with E-state index in [4.69, 9.17) is 0 Å². The summed E-state index contributed by atoms with van der Waals surface area (Å²) >= 11 is 1.84. The van der Waals surface area contributed by atoms with Gasteiger partial charge in [0.2, 0.25) is 5.91 Å². The van der Waals surface area contributed by atoms with Crippen LogP contribution < -0.4 is 16.6 Å². The minimum Gasteiger partial charge on any atom is -0.353 e. The molecule has 0 radical (unpaired) electrons. The van der Waals surface area contributed by atoms with Crippen LogP contribution in [-0.2, 0) is 11.2 Å². The SMILES string of the molecule is O=C(CCCCc1ccc(F)cc1)N[C@H]1CC[C@@H](n2c(=O)c3cc(F)cnc3n(C3CCSCC3)c2=O)CC1. The Morgan fingerprint density at radius 3 is 2.33 bits per heavy atom. The van der Waals surface area contributed by atoms with E-state index in [2.05, 4.69) is 10.3 Å². The highest BCUT2D eigenvalue weighted by Gasteiger charge is 2.29. The second-order valence-corrected chi connectivity index (χ2v) is 11.8. The zero-order chi connectivity index (χ0) is 27.4. The smallest absolute Gasteiger partial charge is 0.333 e. The molecule has 0 bridgehead atoms. The lowest BCUT2D eigenvalue weighted by atomic mass is 9.90. The van der Waals surface area contributed by atoms with Gasteiger partial charge in [0.15, 0.2) is 0 Å². The van der Waals surface area contributed by atoms with Crippen molar-refractivity contribution in [1.29, 1.82) is 0 Å². The molecule has 39 heavy (non-hydrogen) atoms. The van der Waals surface area contributed by atoms with Crippen molar-refractivity contribution in [2.24, 2.45) is 0 Å². The summed E-state index contributed by atoms with van der Waals surface area (Å²) in [7, 11) is 0. The number of unbranched alkanes of at least 4 members (excludes halogenated alkanes) is 1. The van der Waals surface area contributed by atoms with Gasteiger partial charge in [-0.25, -0.2) is 18.6 Å². The summed E-state index contributed by atoms with van der Waals surface area (Å²) < 4.78 is 30.1. The fraction of sp³-hybridized carbons (Fsp3) is 0.517. The number of hydrogen-bond acceptors (Lipinski definition) is 5. The molecule has 1 amide bonds. The Balaban J connectivity index is 1.22. The molecule has 1 saturated carbocycles. The maximum Gasteiger partial charge on any atom is 0.333 e. The first-order chi connectivity index (χ1) is 18.9. The molecule has 2 fully saturated rings. The van der Waals surface area contributed by atoms with Crippen molar-refractivity contribution in [2.45, 2.75) is 82.3 Å². The Hall–Kier alpha value is -3.01. The number of aromatic nitrogens is 3. The van der Waals surface area contributed by atoms with Crippen molar-refractivity contribution < 1.29 is 13.6 Å². The van der Waals surface area contributed by atoms with Gasteiger partial charge in [-0.3, -0.25) is 18.7 Å². The van der Waals surface area contributed by atoms with E-state index >= 15 is 0 Å². The number of halogens is 2. The Morgan fingerprint density at radius 2 is 1.62 bits per heavy atom. The first-order valence-electron chi connectivity index (χ1n) is 13.8. The number of rotatable bonds is 8. The molecule has 10 heteroatoms. The van der Waals surface area contributed by atoms with Crippen molar-refractivity contribution in [3.63, 3.8) is 0 Å². The van der Waals surface area contributed by atoms with E-state index in [1.807, 2.05) is 11.8 Å². The van der Waals surface area contributed by atoms with Gasteiger partial charge in [0.1, 0.15) is 17.3 Å². The lowest BCUT2D eigenvalue weighted by molar-refractivity contribution is -0.122. The fourth-order valence-electron chi connectivity index (χ4n) is 5.84. The lowest BCUT2D eigenvalue weighted by Gasteiger charge is -2.31. The van der Waals surface area contributed by atoms with Crippen LogP contribution in [0.5, 0.6) is 0 Å². The average molecular weight is 557 g/mol. The first-order valence-corrected chi connectivity index (χ1v) is 15.0. The first kappa shape index (κ1) is 27.6. The molecule has 3 aromatic rings. The molecule has 1 N–H and O–H groups in total. The number of carbonyl (C=O) groups excluding carboxylic acids is 1. The summed E-state index contributed by atoms with van der Waals surface area (Å²) in [5.74, 6) is 1.00. The van der Waals surface area contributed by atoms with Crippen molar-refractivity contribution in [2.75, 3.05) is 11.5 Å². The van der Waals surface area contributed by atoms with Gasteiger partial charge in [-0.05, 0) is 93.1 Å². The Morgan fingerprint density at radius 1 is 0.923 bits per heavy atom. The summed E-state index contributed by atoms with van der Waals surface area (Å²) in [4.78, 5) is 43.8. The summed E-state index contributed by atoms with van der Waals surface area (Å²) in [5, 5.41) is 3.25. The number of pyridine rings is 1. The van der Waals surface area contributed by atoms with Crippen molar-refractivity contribution >= 4 is 28.7 Å². The number of nitrogens with zero attached hydrogens (tertiary/aromatic N) is 3. The molecule has 0 atom stereocenters. The van der Waals surface area contributed by atoms with E-state index in [1.54, 1.807) is 16.7 Å². The van der Waals surface area contributed by atoms with Gasteiger partial charge in [-0.15, -0.1) is 0 Å². The number of thioether (sulfide) groups is 1. The van der Waals surface area contributed by atoms with E-state index in [1.165, 1.54) is 22.8 Å². The monoisotopic (exact) mass is 556 g/mol. The van der Waals surface area contributed by atoms with Crippen LogP contribution in [0.15, 0.2) is 46.1 Å². The number of amides is 1. The fourth-order valence-corrected chi connectivity index (χ4v) is 6.92. The van der Waals surface area contributed by atoms with Crippen molar-refractivity contribution in [1.82, 2.24) is 19.4 Å². The van der Waals surface area contributed by atoms with Gasteiger partial charge in [0.25, 0.3) is 5.56 Å². The van der Waals surface area contributed by atoms with E-state index in [0.29, 0.717) is 32.1 Å². The molecule has 5 rings (SSSR count). The van der Waals surface area contributed by atoms with Crippen molar-refractivity contribution in [3.8, 4) is 0 Å². The zero-order valence-electron chi connectivity index (χ0n) is 21.9. The van der Waals surface area contributed by atoms with Gasteiger partial charge < -0.3 is 5.32 Å². The molecule has 2 aromatic heterocycles. The van der Waals surface area contributed by atoms with Crippen LogP contribution in [0.25, 0.3) is 11.0 Å². The number of aryl methyl sites for hydroxylation is 1. The van der Waals surface area contributed by atoms with Crippen LogP contribution in [-0.4, -0.2) is 37.6 Å². The average Bonchev–Trinajstić information content (AvgIpc) is 2.94. The van der Waals surface area contributed by atoms with Gasteiger partial charge >= 0.3 is 5.69 Å². The van der Waals surface area contributed by atoms with Gasteiger partial charge in [-0.2, -0.15) is 11.8 Å². The maximum atomic E-state index is 14.1. The molecule has 208 valence electrons. The molecule has 1 aliphatic heterocycles. The largest absolute Gasteiger partial charge is 0.353 e. The zero-order valence-corrected chi connectivity index (χ0v) is 22.7. The van der Waals surface area contributed by atoms with E-state index < -0.39 is 11.4 Å². The molecule has 7 nitrogen and oxygen atoms in total. The third-order valence-corrected chi connectivity index (χ3v) is 8.99. The summed E-state index contributed by atoms with van der Waals surface area (Å²) in [5.41, 5.74) is 0.466. The molecule has 1 aromatic carbocycles. The van der Waals surface area contributed by atoms with Crippen LogP contribution in [0.1, 0.15) is 75.4 Å². The second-order valence-electron chi connectivity index (χ2n) is 10.6. The number of fused-ring (bicyclic) bond motifs is 1. The maximum absolute atomic E-state index is 14.1. The Kier molecular flexibility index (Phi) is 8.79. The number of nitrogens with one attached hydrogen (secondary N) is 1. The molecular weight excluding hydrogens is 522 g/mol.